The minimum Gasteiger partial charge on any atom is -0.529 e. The standard InChI is InChI=1S/C10H9F3NO4S/c11-10(12,13)19(17,18)14-8(9(15)16)6-7-4-2-1-3-5-7/h1-5,8H,6H2,(H,15,16)/q-1/t8-/m0/s1. The monoisotopic (exact) mass is 296 g/mol. The SMILES string of the molecule is O=C(O)[C@H](Cc1ccccc1)[N-]S(=O)(=O)C(F)(F)F. The van der Waals surface area contributed by atoms with Gasteiger partial charge in [-0.15, -0.1) is 0 Å². The third-order valence-electron chi connectivity index (χ3n) is 2.12. The maximum atomic E-state index is 12.1. The molecule has 1 aromatic carbocycles. The maximum Gasteiger partial charge on any atom is 0.480 e. The van der Waals surface area contributed by atoms with E-state index in [2.05, 4.69) is 4.72 Å². The van der Waals surface area contributed by atoms with Crippen molar-refractivity contribution < 1.29 is 31.5 Å². The zero-order chi connectivity index (χ0) is 14.7. The molecule has 0 heterocycles. The van der Waals surface area contributed by atoms with Crippen LogP contribution in [0.15, 0.2) is 30.3 Å². The van der Waals surface area contributed by atoms with E-state index < -0.39 is 34.0 Å². The summed E-state index contributed by atoms with van der Waals surface area (Å²) in [7, 11) is -5.82. The van der Waals surface area contributed by atoms with Crippen LogP contribution in [-0.4, -0.2) is 31.0 Å². The summed E-state index contributed by atoms with van der Waals surface area (Å²) in [5.74, 6) is -1.74. The summed E-state index contributed by atoms with van der Waals surface area (Å²) in [4.78, 5) is 10.8. The van der Waals surface area contributed by atoms with E-state index in [0.717, 1.165) is 0 Å². The molecule has 0 saturated carbocycles. The molecule has 0 aliphatic heterocycles. The molecule has 5 nitrogen and oxygen atoms in total. The Morgan fingerprint density at radius 2 is 1.79 bits per heavy atom. The van der Waals surface area contributed by atoms with Crippen LogP contribution in [0.25, 0.3) is 4.72 Å². The number of sulfonamides is 1. The van der Waals surface area contributed by atoms with Crippen molar-refractivity contribution in [3.8, 4) is 0 Å². The van der Waals surface area contributed by atoms with Crippen LogP contribution in [-0.2, 0) is 21.2 Å². The van der Waals surface area contributed by atoms with Crippen LogP contribution in [0.1, 0.15) is 5.56 Å². The number of halogens is 3. The van der Waals surface area contributed by atoms with Gasteiger partial charge in [0.05, 0.1) is 0 Å². The fourth-order valence-electron chi connectivity index (χ4n) is 1.23. The molecule has 0 aromatic heterocycles. The van der Waals surface area contributed by atoms with E-state index in [0.29, 0.717) is 5.56 Å². The molecule has 0 aliphatic carbocycles. The molecule has 1 N–H and O–H groups in total. The minimum atomic E-state index is -5.82. The van der Waals surface area contributed by atoms with Crippen LogP contribution in [0.3, 0.4) is 0 Å². The summed E-state index contributed by atoms with van der Waals surface area (Å²) in [6, 6.07) is 5.65. The van der Waals surface area contributed by atoms with Gasteiger partial charge >= 0.3 is 5.51 Å². The average molecular weight is 296 g/mol. The largest absolute Gasteiger partial charge is 0.529 e. The smallest absolute Gasteiger partial charge is 0.480 e. The van der Waals surface area contributed by atoms with Crippen LogP contribution < -0.4 is 0 Å². The highest BCUT2D eigenvalue weighted by Gasteiger charge is 2.40. The average Bonchev–Trinajstić information content (AvgIpc) is 2.27. The molecule has 0 fully saturated rings. The van der Waals surface area contributed by atoms with Crippen LogP contribution in [0, 0.1) is 0 Å². The second kappa shape index (κ2) is 5.57. The molecular weight excluding hydrogens is 287 g/mol. The summed E-state index contributed by atoms with van der Waals surface area (Å²) in [5.41, 5.74) is -5.23. The van der Waals surface area contributed by atoms with Crippen molar-refractivity contribution in [2.24, 2.45) is 0 Å². The van der Waals surface area contributed by atoms with E-state index in [4.69, 9.17) is 5.11 Å². The molecular formula is C10H9F3NO4S-. The Hall–Kier alpha value is -1.61. The Morgan fingerprint density at radius 1 is 1.26 bits per heavy atom. The Labute approximate surface area is 107 Å². The van der Waals surface area contributed by atoms with Gasteiger partial charge < -0.3 is 9.83 Å². The van der Waals surface area contributed by atoms with Crippen molar-refractivity contribution >= 4 is 16.0 Å². The van der Waals surface area contributed by atoms with Crippen LogP contribution in [0.5, 0.6) is 0 Å². The fraction of sp³-hybridized carbons (Fsp3) is 0.300. The van der Waals surface area contributed by atoms with Gasteiger partial charge in [0.1, 0.15) is 0 Å². The number of rotatable bonds is 5. The van der Waals surface area contributed by atoms with Gasteiger partial charge in [-0.1, -0.05) is 30.3 Å². The molecule has 1 rings (SSSR count). The van der Waals surface area contributed by atoms with Crippen molar-refractivity contribution in [2.75, 3.05) is 0 Å². The lowest BCUT2D eigenvalue weighted by Crippen LogP contribution is -2.31. The number of carboxylic acid groups (broad SMARTS) is 1. The van der Waals surface area contributed by atoms with E-state index in [9.17, 15) is 26.4 Å². The lowest BCUT2D eigenvalue weighted by Gasteiger charge is -2.28. The van der Waals surface area contributed by atoms with E-state index in [1.807, 2.05) is 0 Å². The van der Waals surface area contributed by atoms with Gasteiger partial charge in [-0.3, -0.25) is 4.79 Å². The Balaban J connectivity index is 2.90. The Bertz CT molecular complexity index is 542. The first-order chi connectivity index (χ1) is 8.63. The van der Waals surface area contributed by atoms with Gasteiger partial charge in [0.2, 0.25) is 0 Å². The molecule has 106 valence electrons. The molecule has 1 atom stereocenters. The van der Waals surface area contributed by atoms with E-state index in [1.54, 1.807) is 18.2 Å². The molecule has 0 unspecified atom stereocenters. The van der Waals surface area contributed by atoms with Crippen LogP contribution in [0.2, 0.25) is 0 Å². The number of nitrogens with zero attached hydrogens (tertiary/aromatic N) is 1. The van der Waals surface area contributed by atoms with E-state index in [1.165, 1.54) is 12.1 Å². The fourth-order valence-corrected chi connectivity index (χ4v) is 1.85. The predicted molar refractivity (Wildman–Crippen MR) is 59.9 cm³/mol. The van der Waals surface area contributed by atoms with Crippen molar-refractivity contribution in [3.05, 3.63) is 40.6 Å². The number of benzene rings is 1. The summed E-state index contributed by atoms with van der Waals surface area (Å²) in [6.07, 6.45) is -0.439. The number of aliphatic carboxylic acids is 1. The van der Waals surface area contributed by atoms with Crippen molar-refractivity contribution in [1.29, 1.82) is 0 Å². The number of carbonyl (C=O) groups is 1. The van der Waals surface area contributed by atoms with Crippen molar-refractivity contribution in [2.45, 2.75) is 18.0 Å². The van der Waals surface area contributed by atoms with Crippen molar-refractivity contribution in [1.82, 2.24) is 0 Å². The molecule has 0 radical (unpaired) electrons. The Morgan fingerprint density at radius 3 is 2.21 bits per heavy atom. The Kier molecular flexibility index (Phi) is 4.53. The summed E-state index contributed by atoms with van der Waals surface area (Å²) >= 11 is 0. The van der Waals surface area contributed by atoms with Crippen LogP contribution in [0.4, 0.5) is 13.2 Å². The molecule has 9 heteroatoms. The highest BCUT2D eigenvalue weighted by molar-refractivity contribution is 7.94. The van der Waals surface area contributed by atoms with E-state index in [-0.39, 0.29) is 0 Å². The predicted octanol–water partition coefficient (Wildman–Crippen LogP) is 1.91. The summed E-state index contributed by atoms with van der Waals surface area (Å²) < 4.78 is 60.4. The molecule has 19 heavy (non-hydrogen) atoms. The zero-order valence-electron chi connectivity index (χ0n) is 9.33. The zero-order valence-corrected chi connectivity index (χ0v) is 10.1. The second-order valence-electron chi connectivity index (χ2n) is 3.57. The summed E-state index contributed by atoms with van der Waals surface area (Å²) in [6.45, 7) is 0. The highest BCUT2D eigenvalue weighted by atomic mass is 32.2. The van der Waals surface area contributed by atoms with Gasteiger partial charge in [0.25, 0.3) is 5.97 Å². The second-order valence-corrected chi connectivity index (χ2v) is 5.19. The number of hydrogen-bond acceptors (Lipinski definition) is 3. The lowest BCUT2D eigenvalue weighted by atomic mass is 10.1. The first kappa shape index (κ1) is 15.4. The third-order valence-corrected chi connectivity index (χ3v) is 3.23. The van der Waals surface area contributed by atoms with Gasteiger partial charge in [-0.2, -0.15) is 13.2 Å². The molecule has 0 spiro atoms. The number of carboxylic acids is 1. The topological polar surface area (TPSA) is 85.5 Å². The van der Waals surface area contributed by atoms with Gasteiger partial charge in [-0.25, -0.2) is 8.42 Å². The lowest BCUT2D eigenvalue weighted by molar-refractivity contribution is -0.137. The minimum absolute atomic E-state index is 0.371. The van der Waals surface area contributed by atoms with Gasteiger partial charge in [0.15, 0.2) is 10.0 Å². The molecule has 0 saturated heterocycles. The van der Waals surface area contributed by atoms with Gasteiger partial charge in [-0.05, 0) is 18.0 Å². The normalized spacial score (nSPS) is 14.1. The van der Waals surface area contributed by atoms with Gasteiger partial charge in [0, 0.05) is 0 Å². The molecule has 1 aromatic rings. The number of alkyl halides is 3. The summed E-state index contributed by atoms with van der Waals surface area (Å²) in [5, 5.41) is 8.74. The molecule has 0 bridgehead atoms. The first-order valence-corrected chi connectivity index (χ1v) is 6.37. The first-order valence-electron chi connectivity index (χ1n) is 4.93. The maximum absolute atomic E-state index is 12.1. The molecule has 0 aliphatic rings. The van der Waals surface area contributed by atoms with Crippen molar-refractivity contribution in [3.63, 3.8) is 0 Å². The third kappa shape index (κ3) is 4.21. The van der Waals surface area contributed by atoms with E-state index >= 15 is 0 Å². The number of hydrogen-bond donors (Lipinski definition) is 1. The quantitative estimate of drug-likeness (QED) is 0.899. The highest BCUT2D eigenvalue weighted by Crippen LogP contribution is 2.30. The van der Waals surface area contributed by atoms with Crippen LogP contribution >= 0.6 is 0 Å². The molecule has 0 amide bonds.